The first-order valence-electron chi connectivity index (χ1n) is 11.3. The van der Waals surface area contributed by atoms with Crippen molar-refractivity contribution in [2.45, 2.75) is 32.9 Å². The SMILES string of the molecule is CCN(CCCNC(=O)CCNC(=O)Cn1cnc2ccccc2c1=O)Cc1ccccc1. The van der Waals surface area contributed by atoms with Gasteiger partial charge in [0, 0.05) is 32.6 Å². The number of carbonyl (C=O) groups excluding carboxylic acids is 2. The maximum absolute atomic E-state index is 12.4. The van der Waals surface area contributed by atoms with Crippen molar-refractivity contribution < 1.29 is 9.59 Å². The van der Waals surface area contributed by atoms with Crippen LogP contribution in [0.3, 0.4) is 0 Å². The van der Waals surface area contributed by atoms with Crippen LogP contribution in [0.1, 0.15) is 25.3 Å². The number of nitrogens with one attached hydrogen (secondary N) is 2. The number of carbonyl (C=O) groups is 2. The molecule has 0 saturated heterocycles. The molecule has 1 heterocycles. The lowest BCUT2D eigenvalue weighted by molar-refractivity contribution is -0.122. The van der Waals surface area contributed by atoms with Crippen LogP contribution in [0.5, 0.6) is 0 Å². The fourth-order valence-corrected chi connectivity index (χ4v) is 3.55. The first-order valence-corrected chi connectivity index (χ1v) is 11.3. The van der Waals surface area contributed by atoms with Crippen LogP contribution in [-0.4, -0.2) is 52.4 Å². The third-order valence-corrected chi connectivity index (χ3v) is 5.39. The lowest BCUT2D eigenvalue weighted by Gasteiger charge is -2.20. The fourth-order valence-electron chi connectivity index (χ4n) is 3.55. The van der Waals surface area contributed by atoms with Gasteiger partial charge in [0.15, 0.2) is 0 Å². The molecular weight excluding hydrogens is 418 g/mol. The lowest BCUT2D eigenvalue weighted by Crippen LogP contribution is -2.35. The Morgan fingerprint density at radius 3 is 2.48 bits per heavy atom. The normalized spacial score (nSPS) is 11.0. The molecule has 0 spiro atoms. The van der Waals surface area contributed by atoms with E-state index in [9.17, 15) is 14.4 Å². The quantitative estimate of drug-likeness (QED) is 0.412. The summed E-state index contributed by atoms with van der Waals surface area (Å²) in [6, 6.07) is 17.3. The predicted octanol–water partition coefficient (Wildman–Crippen LogP) is 1.93. The molecule has 174 valence electrons. The zero-order chi connectivity index (χ0) is 23.5. The Kier molecular flexibility index (Phi) is 9.14. The average Bonchev–Trinajstić information content (AvgIpc) is 2.83. The Balaban J connectivity index is 1.32. The third kappa shape index (κ3) is 7.54. The van der Waals surface area contributed by atoms with Gasteiger partial charge in [-0.05, 0) is 30.7 Å². The number of para-hydroxylation sites is 1. The second-order valence-electron chi connectivity index (χ2n) is 7.85. The van der Waals surface area contributed by atoms with Crippen molar-refractivity contribution >= 4 is 22.7 Å². The molecule has 0 aliphatic rings. The van der Waals surface area contributed by atoms with Crippen molar-refractivity contribution in [3.8, 4) is 0 Å². The Morgan fingerprint density at radius 2 is 1.70 bits per heavy atom. The van der Waals surface area contributed by atoms with E-state index in [1.54, 1.807) is 24.3 Å². The number of hydrogen-bond donors (Lipinski definition) is 2. The minimum absolute atomic E-state index is 0.106. The summed E-state index contributed by atoms with van der Waals surface area (Å²) in [7, 11) is 0. The van der Waals surface area contributed by atoms with Gasteiger partial charge in [-0.3, -0.25) is 23.9 Å². The van der Waals surface area contributed by atoms with Crippen molar-refractivity contribution in [3.05, 3.63) is 76.8 Å². The molecule has 8 nitrogen and oxygen atoms in total. The molecule has 0 unspecified atom stereocenters. The molecule has 0 aliphatic heterocycles. The molecule has 0 atom stereocenters. The molecule has 2 aromatic carbocycles. The predicted molar refractivity (Wildman–Crippen MR) is 129 cm³/mol. The first-order chi connectivity index (χ1) is 16.1. The van der Waals surface area contributed by atoms with Crippen LogP contribution in [0.2, 0.25) is 0 Å². The van der Waals surface area contributed by atoms with Crippen LogP contribution >= 0.6 is 0 Å². The second-order valence-corrected chi connectivity index (χ2v) is 7.85. The molecule has 0 radical (unpaired) electrons. The highest BCUT2D eigenvalue weighted by molar-refractivity contribution is 5.80. The molecule has 8 heteroatoms. The van der Waals surface area contributed by atoms with E-state index in [0.29, 0.717) is 17.4 Å². The van der Waals surface area contributed by atoms with Crippen molar-refractivity contribution in [2.75, 3.05) is 26.2 Å². The minimum atomic E-state index is -0.332. The monoisotopic (exact) mass is 449 g/mol. The van der Waals surface area contributed by atoms with Crippen molar-refractivity contribution in [1.29, 1.82) is 0 Å². The number of benzene rings is 2. The highest BCUT2D eigenvalue weighted by Gasteiger charge is 2.09. The molecule has 0 aliphatic carbocycles. The van der Waals surface area contributed by atoms with Gasteiger partial charge in [-0.2, -0.15) is 0 Å². The zero-order valence-corrected chi connectivity index (χ0v) is 19.0. The summed E-state index contributed by atoms with van der Waals surface area (Å²) in [5.74, 6) is -0.438. The lowest BCUT2D eigenvalue weighted by atomic mass is 10.2. The Bertz CT molecular complexity index is 1110. The topological polar surface area (TPSA) is 96.3 Å². The van der Waals surface area contributed by atoms with Gasteiger partial charge < -0.3 is 10.6 Å². The van der Waals surface area contributed by atoms with Crippen LogP contribution in [0.15, 0.2) is 65.7 Å². The zero-order valence-electron chi connectivity index (χ0n) is 19.0. The van der Waals surface area contributed by atoms with E-state index in [1.165, 1.54) is 16.5 Å². The largest absolute Gasteiger partial charge is 0.356 e. The molecule has 3 aromatic rings. The van der Waals surface area contributed by atoms with E-state index in [0.717, 1.165) is 26.1 Å². The first kappa shape index (κ1) is 24.1. The van der Waals surface area contributed by atoms with E-state index in [2.05, 4.69) is 39.6 Å². The number of aromatic nitrogens is 2. The number of rotatable bonds is 12. The van der Waals surface area contributed by atoms with Crippen molar-refractivity contribution in [1.82, 2.24) is 25.1 Å². The minimum Gasteiger partial charge on any atom is -0.356 e. The van der Waals surface area contributed by atoms with Gasteiger partial charge in [0.05, 0.1) is 17.2 Å². The van der Waals surface area contributed by atoms with Crippen LogP contribution in [0, 0.1) is 0 Å². The summed E-state index contributed by atoms with van der Waals surface area (Å²) in [6.07, 6.45) is 2.42. The van der Waals surface area contributed by atoms with Gasteiger partial charge in [0.25, 0.3) is 5.56 Å². The summed E-state index contributed by atoms with van der Waals surface area (Å²) >= 11 is 0. The summed E-state index contributed by atoms with van der Waals surface area (Å²) < 4.78 is 1.27. The van der Waals surface area contributed by atoms with Gasteiger partial charge in [0.2, 0.25) is 11.8 Å². The summed E-state index contributed by atoms with van der Waals surface area (Å²) in [5.41, 5.74) is 1.61. The number of nitrogens with zero attached hydrogens (tertiary/aromatic N) is 3. The van der Waals surface area contributed by atoms with Crippen molar-refractivity contribution in [2.24, 2.45) is 0 Å². The Labute approximate surface area is 193 Å². The van der Waals surface area contributed by atoms with E-state index < -0.39 is 0 Å². The van der Waals surface area contributed by atoms with Crippen LogP contribution < -0.4 is 16.2 Å². The molecule has 0 bridgehead atoms. The molecule has 0 fully saturated rings. The number of amides is 2. The molecule has 0 saturated carbocycles. The van der Waals surface area contributed by atoms with Crippen LogP contribution in [0.4, 0.5) is 0 Å². The maximum Gasteiger partial charge on any atom is 0.261 e. The van der Waals surface area contributed by atoms with Crippen LogP contribution in [-0.2, 0) is 22.7 Å². The molecule has 2 N–H and O–H groups in total. The molecular formula is C25H31N5O3. The summed E-state index contributed by atoms with van der Waals surface area (Å²) in [6.45, 7) is 5.55. The van der Waals surface area contributed by atoms with E-state index in [-0.39, 0.29) is 36.9 Å². The maximum atomic E-state index is 12.4. The fraction of sp³-hybridized carbons (Fsp3) is 0.360. The van der Waals surface area contributed by atoms with Gasteiger partial charge in [-0.25, -0.2) is 4.98 Å². The van der Waals surface area contributed by atoms with Gasteiger partial charge in [-0.15, -0.1) is 0 Å². The van der Waals surface area contributed by atoms with E-state index >= 15 is 0 Å². The van der Waals surface area contributed by atoms with Gasteiger partial charge in [0.1, 0.15) is 6.54 Å². The summed E-state index contributed by atoms with van der Waals surface area (Å²) in [4.78, 5) is 43.2. The highest BCUT2D eigenvalue weighted by atomic mass is 16.2. The summed E-state index contributed by atoms with van der Waals surface area (Å²) in [5, 5.41) is 6.05. The molecule has 3 rings (SSSR count). The standard InChI is InChI=1S/C25H31N5O3/c1-2-29(17-20-9-4-3-5-10-20)16-8-14-26-23(31)13-15-27-24(32)18-30-19-28-22-12-7-6-11-21(22)25(30)33/h3-7,9-12,19H,2,8,13-18H2,1H3,(H,26,31)(H,27,32). The number of hydrogen-bond acceptors (Lipinski definition) is 5. The molecule has 33 heavy (non-hydrogen) atoms. The van der Waals surface area contributed by atoms with Gasteiger partial charge in [-0.1, -0.05) is 49.4 Å². The van der Waals surface area contributed by atoms with E-state index in [1.807, 2.05) is 18.2 Å². The molecule has 1 aromatic heterocycles. The van der Waals surface area contributed by atoms with Gasteiger partial charge >= 0.3 is 0 Å². The van der Waals surface area contributed by atoms with E-state index in [4.69, 9.17) is 0 Å². The Hall–Kier alpha value is -3.52. The second kappa shape index (κ2) is 12.5. The van der Waals surface area contributed by atoms with Crippen LogP contribution in [0.25, 0.3) is 10.9 Å². The van der Waals surface area contributed by atoms with Crippen molar-refractivity contribution in [3.63, 3.8) is 0 Å². The molecule has 2 amide bonds. The smallest absolute Gasteiger partial charge is 0.261 e. The average molecular weight is 450 g/mol. The third-order valence-electron chi connectivity index (χ3n) is 5.39. The number of fused-ring (bicyclic) bond motifs is 1. The highest BCUT2D eigenvalue weighted by Crippen LogP contribution is 2.05. The Morgan fingerprint density at radius 1 is 0.970 bits per heavy atom.